The van der Waals surface area contributed by atoms with Crippen molar-refractivity contribution in [1.29, 1.82) is 0 Å². The molecule has 0 unspecified atom stereocenters. The molecule has 1 aliphatic heterocycles. The second kappa shape index (κ2) is 6.83. The number of ether oxygens (including phenoxy) is 1. The van der Waals surface area contributed by atoms with Gasteiger partial charge in [-0.25, -0.2) is 0 Å². The van der Waals surface area contributed by atoms with E-state index in [2.05, 4.69) is 5.32 Å². The van der Waals surface area contributed by atoms with Gasteiger partial charge in [-0.15, -0.1) is 11.3 Å². The second-order valence-corrected chi connectivity index (χ2v) is 6.52. The van der Waals surface area contributed by atoms with Crippen LogP contribution in [0.25, 0.3) is 0 Å². The number of carbonyl (C=O) groups is 2. The highest BCUT2D eigenvalue weighted by Gasteiger charge is 2.16. The molecule has 2 heterocycles. The fourth-order valence-electron chi connectivity index (χ4n) is 2.43. The van der Waals surface area contributed by atoms with Crippen LogP contribution in [0.3, 0.4) is 0 Å². The number of fused-ring (bicyclic) bond motifs is 1. The van der Waals surface area contributed by atoms with Crippen LogP contribution in [0.4, 0.5) is 5.69 Å². The van der Waals surface area contributed by atoms with Crippen molar-refractivity contribution in [1.82, 2.24) is 4.90 Å². The number of aryl methyl sites for hydroxylation is 1. The molecule has 0 saturated carbocycles. The summed E-state index contributed by atoms with van der Waals surface area (Å²) in [6, 6.07) is 9.47. The third-order valence-electron chi connectivity index (χ3n) is 3.73. The highest BCUT2D eigenvalue weighted by molar-refractivity contribution is 7.09. The number of benzene rings is 1. The highest BCUT2D eigenvalue weighted by Crippen LogP contribution is 2.26. The lowest BCUT2D eigenvalue weighted by Crippen LogP contribution is -2.30. The first-order valence-corrected chi connectivity index (χ1v) is 8.32. The minimum Gasteiger partial charge on any atom is -0.484 e. The first-order valence-electron chi connectivity index (χ1n) is 7.44. The van der Waals surface area contributed by atoms with Crippen LogP contribution in [0.5, 0.6) is 5.75 Å². The lowest BCUT2D eigenvalue weighted by molar-refractivity contribution is -0.132. The molecule has 3 rings (SSSR count). The minimum absolute atomic E-state index is 0.00697. The Morgan fingerprint density at radius 2 is 2.22 bits per heavy atom. The van der Waals surface area contributed by atoms with Crippen LogP contribution < -0.4 is 10.1 Å². The largest absolute Gasteiger partial charge is 0.484 e. The molecule has 120 valence electrons. The summed E-state index contributed by atoms with van der Waals surface area (Å²) in [4.78, 5) is 26.3. The van der Waals surface area contributed by atoms with E-state index in [0.717, 1.165) is 16.1 Å². The molecule has 23 heavy (non-hydrogen) atoms. The summed E-state index contributed by atoms with van der Waals surface area (Å²) in [5.74, 6) is 0.624. The number of rotatable bonds is 5. The van der Waals surface area contributed by atoms with Gasteiger partial charge in [-0.3, -0.25) is 9.59 Å². The smallest absolute Gasteiger partial charge is 0.260 e. The molecule has 0 radical (unpaired) electrons. The average Bonchev–Trinajstić information content (AvgIpc) is 3.05. The third kappa shape index (κ3) is 3.90. The Balaban J connectivity index is 1.55. The Morgan fingerprint density at radius 3 is 3.00 bits per heavy atom. The zero-order valence-electron chi connectivity index (χ0n) is 12.9. The number of hydrogen-bond acceptors (Lipinski definition) is 4. The van der Waals surface area contributed by atoms with E-state index in [4.69, 9.17) is 4.74 Å². The first-order chi connectivity index (χ1) is 11.1. The van der Waals surface area contributed by atoms with Crippen LogP contribution in [0.15, 0.2) is 35.7 Å². The summed E-state index contributed by atoms with van der Waals surface area (Å²) in [5, 5.41) is 4.82. The van der Waals surface area contributed by atoms with Gasteiger partial charge < -0.3 is 15.0 Å². The van der Waals surface area contributed by atoms with E-state index in [1.54, 1.807) is 29.4 Å². The van der Waals surface area contributed by atoms with Crippen LogP contribution in [0.2, 0.25) is 0 Å². The zero-order chi connectivity index (χ0) is 16.2. The first kappa shape index (κ1) is 15.6. The van der Waals surface area contributed by atoms with Crippen molar-refractivity contribution in [3.63, 3.8) is 0 Å². The Morgan fingerprint density at radius 1 is 1.35 bits per heavy atom. The quantitative estimate of drug-likeness (QED) is 0.917. The maximum atomic E-state index is 12.1. The predicted octanol–water partition coefficient (Wildman–Crippen LogP) is 2.67. The van der Waals surface area contributed by atoms with Crippen LogP contribution in [0.1, 0.15) is 16.9 Å². The van der Waals surface area contributed by atoms with E-state index in [1.807, 2.05) is 29.6 Å². The van der Waals surface area contributed by atoms with E-state index in [9.17, 15) is 9.59 Å². The van der Waals surface area contributed by atoms with E-state index in [0.29, 0.717) is 25.1 Å². The van der Waals surface area contributed by atoms with Crippen molar-refractivity contribution in [2.75, 3.05) is 19.0 Å². The number of hydrogen-bond donors (Lipinski definition) is 1. The summed E-state index contributed by atoms with van der Waals surface area (Å²) in [6.45, 7) is 0.600. The molecule has 1 N–H and O–H groups in total. The number of nitrogens with one attached hydrogen (secondary N) is 1. The van der Waals surface area contributed by atoms with Crippen LogP contribution in [-0.2, 0) is 22.6 Å². The van der Waals surface area contributed by atoms with Gasteiger partial charge in [0.15, 0.2) is 6.61 Å². The average molecular weight is 330 g/mol. The fourth-order valence-corrected chi connectivity index (χ4v) is 3.19. The highest BCUT2D eigenvalue weighted by atomic mass is 32.1. The minimum atomic E-state index is -0.0653. The molecule has 0 bridgehead atoms. The summed E-state index contributed by atoms with van der Waals surface area (Å²) in [5.41, 5.74) is 1.87. The van der Waals surface area contributed by atoms with Gasteiger partial charge in [0.05, 0.1) is 6.54 Å². The van der Waals surface area contributed by atoms with Gasteiger partial charge >= 0.3 is 0 Å². The standard InChI is InChI=1S/C17H18N2O3S/c1-19(10-14-3-2-8-23-14)17(21)11-22-13-5-6-15-12(9-13)4-7-16(20)18-15/h2-3,5-6,8-9H,4,7,10-11H2,1H3,(H,18,20). The lowest BCUT2D eigenvalue weighted by Gasteiger charge is -2.19. The van der Waals surface area contributed by atoms with Gasteiger partial charge in [0.25, 0.3) is 5.91 Å². The van der Waals surface area contributed by atoms with Crippen LogP contribution >= 0.6 is 11.3 Å². The van der Waals surface area contributed by atoms with Crippen molar-refractivity contribution in [3.05, 3.63) is 46.2 Å². The molecule has 1 aromatic carbocycles. The van der Waals surface area contributed by atoms with Crippen molar-refractivity contribution in [2.45, 2.75) is 19.4 Å². The molecule has 1 aliphatic rings. The van der Waals surface area contributed by atoms with Crippen molar-refractivity contribution < 1.29 is 14.3 Å². The fraction of sp³-hybridized carbons (Fsp3) is 0.294. The van der Waals surface area contributed by atoms with Gasteiger partial charge in [0.1, 0.15) is 5.75 Å². The molecule has 0 aliphatic carbocycles. The van der Waals surface area contributed by atoms with Gasteiger partial charge in [0.2, 0.25) is 5.91 Å². The third-order valence-corrected chi connectivity index (χ3v) is 4.59. The maximum absolute atomic E-state index is 12.1. The van der Waals surface area contributed by atoms with Crippen molar-refractivity contribution >= 4 is 28.8 Å². The number of amides is 2. The predicted molar refractivity (Wildman–Crippen MR) is 89.7 cm³/mol. The van der Waals surface area contributed by atoms with E-state index in [1.165, 1.54) is 0 Å². The summed E-state index contributed by atoms with van der Waals surface area (Å²) >= 11 is 1.63. The molecular formula is C17H18N2O3S. The zero-order valence-corrected chi connectivity index (χ0v) is 13.7. The molecule has 0 saturated heterocycles. The molecule has 1 aromatic heterocycles. The summed E-state index contributed by atoms with van der Waals surface area (Å²) in [7, 11) is 1.77. The van der Waals surface area contributed by atoms with E-state index in [-0.39, 0.29) is 18.4 Å². The monoisotopic (exact) mass is 330 g/mol. The van der Waals surface area contributed by atoms with E-state index >= 15 is 0 Å². The Kier molecular flexibility index (Phi) is 4.62. The number of anilines is 1. The molecule has 2 aromatic rings. The number of thiophene rings is 1. The van der Waals surface area contributed by atoms with Crippen molar-refractivity contribution in [2.24, 2.45) is 0 Å². The van der Waals surface area contributed by atoms with Crippen molar-refractivity contribution in [3.8, 4) is 5.75 Å². The number of carbonyl (C=O) groups excluding carboxylic acids is 2. The Hall–Kier alpha value is -2.34. The SMILES string of the molecule is CN(Cc1cccs1)C(=O)COc1ccc2c(c1)CCC(=O)N2. The molecule has 0 spiro atoms. The Bertz CT molecular complexity index is 713. The topological polar surface area (TPSA) is 58.6 Å². The number of likely N-dealkylation sites (N-methyl/N-ethyl adjacent to an activating group) is 1. The molecule has 5 nitrogen and oxygen atoms in total. The summed E-state index contributed by atoms with van der Waals surface area (Å²) in [6.07, 6.45) is 1.18. The number of nitrogens with zero attached hydrogens (tertiary/aromatic N) is 1. The molecule has 0 atom stereocenters. The van der Waals surface area contributed by atoms with Gasteiger partial charge in [-0.1, -0.05) is 6.07 Å². The molecule has 2 amide bonds. The Labute approximate surface area is 138 Å². The normalized spacial score (nSPS) is 13.2. The van der Waals surface area contributed by atoms with Gasteiger partial charge in [-0.2, -0.15) is 0 Å². The molecular weight excluding hydrogens is 312 g/mol. The summed E-state index contributed by atoms with van der Waals surface area (Å²) < 4.78 is 5.60. The van der Waals surface area contributed by atoms with E-state index < -0.39 is 0 Å². The van der Waals surface area contributed by atoms with Crippen LogP contribution in [-0.4, -0.2) is 30.4 Å². The maximum Gasteiger partial charge on any atom is 0.260 e. The molecule has 6 heteroatoms. The van der Waals surface area contributed by atoms with Gasteiger partial charge in [-0.05, 0) is 41.6 Å². The van der Waals surface area contributed by atoms with Crippen LogP contribution in [0, 0.1) is 0 Å². The lowest BCUT2D eigenvalue weighted by atomic mass is 10.0. The second-order valence-electron chi connectivity index (χ2n) is 5.48. The molecule has 0 fully saturated rings. The van der Waals surface area contributed by atoms with Gasteiger partial charge in [0, 0.05) is 24.0 Å².